The molecule has 0 saturated heterocycles. The minimum absolute atomic E-state index is 0.00257. The van der Waals surface area contributed by atoms with E-state index < -0.39 is 41.5 Å². The smallest absolute Gasteiger partial charge is 0.407 e. The lowest BCUT2D eigenvalue weighted by Gasteiger charge is -2.34. The minimum atomic E-state index is -1.41. The number of rotatable bonds is 73. The number of amides is 10. The summed E-state index contributed by atoms with van der Waals surface area (Å²) < 4.78 is 108. The number of alkyl carbamates (subject to hydrolysis) is 3. The van der Waals surface area contributed by atoms with Crippen LogP contribution < -0.4 is 42.5 Å². The second kappa shape index (κ2) is 74.3. The molecular weight excluding hydrogens is 1570 g/mol. The molecule has 38 heteroatoms. The van der Waals surface area contributed by atoms with Gasteiger partial charge in [-0.25, -0.2) is 14.4 Å². The van der Waals surface area contributed by atoms with Gasteiger partial charge in [-0.05, 0) is 96.3 Å². The average Bonchev–Trinajstić information content (AvgIpc) is 1.12. The lowest BCUT2D eigenvalue weighted by molar-refractivity contribution is -0.137. The number of imide groups is 1. The highest BCUT2D eigenvalue weighted by Gasteiger charge is 2.34. The summed E-state index contributed by atoms with van der Waals surface area (Å²) >= 11 is 0. The third-order valence-electron chi connectivity index (χ3n) is 18.0. The van der Waals surface area contributed by atoms with E-state index in [-0.39, 0.29) is 239 Å². The monoisotopic (exact) mass is 1710 g/mol. The summed E-state index contributed by atoms with van der Waals surface area (Å²) in [7, 11) is 0. The third kappa shape index (κ3) is 61.0. The van der Waals surface area contributed by atoms with Gasteiger partial charge in [0.15, 0.2) is 0 Å². The highest BCUT2D eigenvalue weighted by Crippen LogP contribution is 2.19. The van der Waals surface area contributed by atoms with Crippen molar-refractivity contribution in [3.63, 3.8) is 0 Å². The van der Waals surface area contributed by atoms with E-state index in [0.717, 1.165) is 101 Å². The van der Waals surface area contributed by atoms with Crippen molar-refractivity contribution in [1.29, 1.82) is 0 Å². The van der Waals surface area contributed by atoms with Crippen molar-refractivity contribution in [3.05, 3.63) is 48.6 Å². The van der Waals surface area contributed by atoms with Crippen LogP contribution in [0.25, 0.3) is 0 Å². The van der Waals surface area contributed by atoms with E-state index in [0.29, 0.717) is 98.9 Å². The van der Waals surface area contributed by atoms with Crippen molar-refractivity contribution in [2.24, 2.45) is 0 Å². The maximum Gasteiger partial charge on any atom is 0.407 e. The van der Waals surface area contributed by atoms with Crippen LogP contribution in [-0.4, -0.2) is 352 Å². The Morgan fingerprint density at radius 2 is 0.508 bits per heavy atom. The Hall–Kier alpha value is -7.38. The van der Waals surface area contributed by atoms with Gasteiger partial charge in [-0.15, -0.1) is 0 Å². The van der Waals surface area contributed by atoms with Gasteiger partial charge in [-0.2, -0.15) is 0 Å². The zero-order chi connectivity index (χ0) is 85.8. The number of hydrogen-bond donors (Lipinski definition) is 8. The van der Waals surface area contributed by atoms with E-state index in [4.69, 9.17) is 90.0 Å². The van der Waals surface area contributed by atoms with Crippen LogP contribution in [0, 0.1) is 0 Å². The van der Waals surface area contributed by atoms with Crippen LogP contribution in [0.5, 0.6) is 0 Å². The lowest BCUT2D eigenvalue weighted by atomic mass is 10.0. The van der Waals surface area contributed by atoms with E-state index in [1.807, 2.05) is 0 Å². The molecule has 0 aromatic carbocycles. The highest BCUT2D eigenvalue weighted by molar-refractivity contribution is 6.13. The molecular formula is C82H139N9O29. The van der Waals surface area contributed by atoms with Gasteiger partial charge in [0.05, 0.1) is 211 Å². The Kier molecular flexibility index (Phi) is 65.0. The molecule has 0 aromatic heterocycles. The quantitative estimate of drug-likeness (QED) is 0.0187. The van der Waals surface area contributed by atoms with E-state index in [2.05, 4.69) is 79.0 Å². The van der Waals surface area contributed by atoms with Crippen LogP contribution in [0.15, 0.2) is 48.6 Å². The van der Waals surface area contributed by atoms with E-state index in [1.165, 1.54) is 12.2 Å². The van der Waals surface area contributed by atoms with Crippen molar-refractivity contribution in [2.45, 2.75) is 152 Å². The molecule has 0 spiro atoms. The summed E-state index contributed by atoms with van der Waals surface area (Å²) in [6.45, 7) is 7.74. The lowest BCUT2D eigenvalue weighted by Crippen LogP contribution is -2.59. The molecule has 1 heterocycles. The summed E-state index contributed by atoms with van der Waals surface area (Å²) in [4.78, 5) is 126. The first-order valence-corrected chi connectivity index (χ1v) is 42.7. The molecule has 0 aromatic rings. The number of ether oxygens (including phenoxy) is 19. The number of hydrogen-bond acceptors (Lipinski definition) is 29. The molecule has 120 heavy (non-hydrogen) atoms. The predicted molar refractivity (Wildman–Crippen MR) is 436 cm³/mol. The topological polar surface area (TPSA) is 446 Å². The summed E-state index contributed by atoms with van der Waals surface area (Å²) in [5.74, 6) is -2.66. The molecule has 0 saturated carbocycles. The molecule has 1 aliphatic heterocycles. The normalized spacial score (nSPS) is 17.5. The maximum atomic E-state index is 13.9. The van der Waals surface area contributed by atoms with Crippen molar-refractivity contribution in [2.75, 3.05) is 264 Å². The van der Waals surface area contributed by atoms with E-state index in [1.54, 1.807) is 0 Å². The van der Waals surface area contributed by atoms with Crippen molar-refractivity contribution >= 4 is 59.6 Å². The number of allylic oxidation sites excluding steroid dienone is 6. The van der Waals surface area contributed by atoms with Crippen LogP contribution in [0.4, 0.5) is 14.4 Å². The fourth-order valence-electron chi connectivity index (χ4n) is 11.7. The van der Waals surface area contributed by atoms with Crippen LogP contribution >= 0.6 is 0 Å². The summed E-state index contributed by atoms with van der Waals surface area (Å²) in [6, 6.07) is 0. The highest BCUT2D eigenvalue weighted by atomic mass is 16.6. The maximum absolute atomic E-state index is 13.9. The van der Waals surface area contributed by atoms with Crippen LogP contribution in [-0.2, 0) is 124 Å². The Morgan fingerprint density at radius 1 is 0.275 bits per heavy atom. The van der Waals surface area contributed by atoms with Gasteiger partial charge in [0.1, 0.15) is 23.9 Å². The molecule has 4 aliphatic rings. The molecule has 3 unspecified atom stereocenters. The fraction of sp³-hybridized carbons (Fsp3) is 0.780. The molecule has 3 atom stereocenters. The summed E-state index contributed by atoms with van der Waals surface area (Å²) in [6.07, 6.45) is 26.9. The van der Waals surface area contributed by atoms with Crippen LogP contribution in [0.2, 0.25) is 0 Å². The Balaban J connectivity index is 1.18. The van der Waals surface area contributed by atoms with Gasteiger partial charge >= 0.3 is 18.3 Å². The fourth-order valence-corrected chi connectivity index (χ4v) is 11.7. The predicted octanol–water partition coefficient (Wildman–Crippen LogP) is 3.29. The van der Waals surface area contributed by atoms with Gasteiger partial charge in [0, 0.05) is 96.6 Å². The molecule has 4 rings (SSSR count). The molecule has 686 valence electrons. The molecule has 10 amide bonds. The zero-order valence-corrected chi connectivity index (χ0v) is 70.6. The Labute approximate surface area is 706 Å². The number of nitrogens with zero attached hydrogens (tertiary/aromatic N) is 1. The van der Waals surface area contributed by atoms with Crippen molar-refractivity contribution < 1.29 is 138 Å². The summed E-state index contributed by atoms with van der Waals surface area (Å²) in [5, 5.41) is 22.2. The number of carbonyl (C=O) groups is 10. The largest absolute Gasteiger partial charge is 0.446 e. The first-order chi connectivity index (χ1) is 58.8. The average molecular weight is 1720 g/mol. The Morgan fingerprint density at radius 3 is 0.800 bits per heavy atom. The second-order valence-corrected chi connectivity index (χ2v) is 28.1. The molecule has 3 aliphatic carbocycles. The zero-order valence-electron chi connectivity index (χ0n) is 70.6. The third-order valence-corrected chi connectivity index (χ3v) is 18.0. The first kappa shape index (κ1) is 105. The van der Waals surface area contributed by atoms with Crippen LogP contribution in [0.1, 0.15) is 128 Å². The SMILES string of the molecule is O=C(CCOCC(COCCC(=O)NCCOCCOCCOCCNC(=O)OC1CC/C=C/CCC1)(COCCC(=O)NCCOCCOCCOCCNC(=O)OC1CC/C=C/CCC1)NC(=O)CCOCCOCCOCCOCCNC(=O)CCN1C(=O)C=CC1=O)NCCOCCOCCOCCNC(=O)OC1CC/C=C/CCC1. The van der Waals surface area contributed by atoms with Crippen LogP contribution in [0.3, 0.4) is 0 Å². The van der Waals surface area contributed by atoms with Crippen molar-refractivity contribution in [1.82, 2.24) is 47.4 Å². The van der Waals surface area contributed by atoms with Gasteiger partial charge in [0.25, 0.3) is 11.8 Å². The Bertz CT molecular complexity index is 2640. The van der Waals surface area contributed by atoms with Gasteiger partial charge in [0.2, 0.25) is 29.5 Å². The molecule has 0 bridgehead atoms. The summed E-state index contributed by atoms with van der Waals surface area (Å²) in [5.41, 5.74) is -1.41. The van der Waals surface area contributed by atoms with Gasteiger partial charge < -0.3 is 133 Å². The minimum Gasteiger partial charge on any atom is -0.446 e. The molecule has 8 N–H and O–H groups in total. The number of carbonyl (C=O) groups excluding carboxylic acids is 10. The first-order valence-electron chi connectivity index (χ1n) is 42.7. The number of nitrogens with one attached hydrogen (secondary N) is 8. The second-order valence-electron chi connectivity index (χ2n) is 28.1. The molecule has 0 fully saturated rings. The van der Waals surface area contributed by atoms with E-state index in [9.17, 15) is 47.9 Å². The standard InChI is InChI=1S/C82H139N9O29/c92-72(24-36-91-77(97)22-23-78(91)98)83-29-41-103-52-60-114-65-64-110-56-48-102-37-28-76(96)90-82(66-115-38-25-73(93)84-30-42-104-49-57-111-61-53-107-45-33-87-79(99)118-69-16-10-4-1-5-11-17-69,67-116-39-26-74(94)85-31-43-105-50-58-112-62-54-108-46-34-88-80(100)119-70-18-12-6-2-7-13-19-70)68-117-40-27-75(95)86-32-44-106-51-59-113-63-55-109-47-35-89-81(101)120-71-20-14-8-3-9-15-21-71/h1-4,6,8,22-23,69-71H,5,7,9-21,24-68H2,(H,83,92)(H,84,93)(H,85,94)(H,86,95)(H,87,99)(H,88,100)(H,89,101)(H,90,96)/b4-1+,6-2+,8-3+. The molecule has 38 nitrogen and oxygen atoms in total. The molecule has 0 radical (unpaired) electrons. The van der Waals surface area contributed by atoms with Gasteiger partial charge in [-0.1, -0.05) is 36.5 Å². The van der Waals surface area contributed by atoms with Gasteiger partial charge in [-0.3, -0.25) is 38.5 Å². The van der Waals surface area contributed by atoms with Crippen molar-refractivity contribution in [3.8, 4) is 0 Å². The van der Waals surface area contributed by atoms with E-state index >= 15 is 0 Å².